The van der Waals surface area contributed by atoms with Crippen molar-refractivity contribution in [1.29, 1.82) is 0 Å². The van der Waals surface area contributed by atoms with E-state index in [4.69, 9.17) is 0 Å². The van der Waals surface area contributed by atoms with E-state index in [1.165, 1.54) is 0 Å². The Kier molecular flexibility index (Phi) is 3.56. The first kappa shape index (κ1) is 12.5. The fraction of sp³-hybridized carbons (Fsp3) is 0.222. The first-order valence-corrected chi connectivity index (χ1v) is 4.41. The van der Waals surface area contributed by atoms with Crippen LogP contribution in [0, 0.1) is 5.82 Å². The molecule has 0 aliphatic carbocycles. The van der Waals surface area contributed by atoms with Gasteiger partial charge in [-0.1, -0.05) is 12.4 Å². The Morgan fingerprint density at radius 2 is 2.00 bits per heavy atom. The number of ether oxygens (including phenoxy) is 1. The maximum absolute atomic E-state index is 13.2. The number of rotatable bonds is 3. The molecule has 7 heteroatoms. The molecule has 0 N–H and O–H groups in total. The third-order valence-corrected chi connectivity index (χ3v) is 1.93. The quantitative estimate of drug-likeness (QED) is 0.457. The fourth-order valence-corrected chi connectivity index (χ4v) is 1.21. The van der Waals surface area contributed by atoms with Crippen LogP contribution in [-0.4, -0.2) is 20.1 Å². The highest BCUT2D eigenvalue weighted by Gasteiger charge is 2.25. The van der Waals surface area contributed by atoms with Crippen LogP contribution in [0.15, 0.2) is 18.2 Å². The van der Waals surface area contributed by atoms with Crippen molar-refractivity contribution in [2.75, 3.05) is 7.11 Å². The molecule has 1 rings (SSSR count). The SMILES string of the molecule is COC(=O)c1ccc(C[B-](F)(F)F)c(F)c1. The van der Waals surface area contributed by atoms with Crippen molar-refractivity contribution in [1.82, 2.24) is 0 Å². The number of halogens is 4. The van der Waals surface area contributed by atoms with Crippen LogP contribution in [0.1, 0.15) is 15.9 Å². The molecule has 0 aliphatic heterocycles. The number of carbonyl (C=O) groups excluding carboxylic acids is 1. The highest BCUT2D eigenvalue weighted by molar-refractivity contribution is 6.57. The van der Waals surface area contributed by atoms with E-state index in [2.05, 4.69) is 4.74 Å². The van der Waals surface area contributed by atoms with Gasteiger partial charge in [0.25, 0.3) is 0 Å². The lowest BCUT2D eigenvalue weighted by Gasteiger charge is -2.14. The van der Waals surface area contributed by atoms with Crippen molar-refractivity contribution < 1.29 is 26.9 Å². The van der Waals surface area contributed by atoms with Gasteiger partial charge in [-0.15, -0.1) is 0 Å². The van der Waals surface area contributed by atoms with E-state index in [0.29, 0.717) is 0 Å². The van der Waals surface area contributed by atoms with Gasteiger partial charge in [0.2, 0.25) is 0 Å². The molecule has 0 fully saturated rings. The summed E-state index contributed by atoms with van der Waals surface area (Å²) in [6.07, 6.45) is -1.30. The highest BCUT2D eigenvalue weighted by Crippen LogP contribution is 2.19. The van der Waals surface area contributed by atoms with E-state index in [1.54, 1.807) is 0 Å². The molecule has 16 heavy (non-hydrogen) atoms. The Balaban J connectivity index is 2.96. The van der Waals surface area contributed by atoms with E-state index in [0.717, 1.165) is 25.3 Å². The highest BCUT2D eigenvalue weighted by atomic mass is 19.4. The molecule has 1 aromatic carbocycles. The van der Waals surface area contributed by atoms with Crippen molar-refractivity contribution in [3.63, 3.8) is 0 Å². The van der Waals surface area contributed by atoms with Crippen LogP contribution in [0.4, 0.5) is 17.3 Å². The molecule has 0 spiro atoms. The molecule has 88 valence electrons. The number of carbonyl (C=O) groups is 1. The summed E-state index contributed by atoms with van der Waals surface area (Å²) < 4.78 is 53.6. The van der Waals surface area contributed by atoms with Gasteiger partial charge in [-0.25, -0.2) is 9.18 Å². The molecular weight excluding hydrogens is 227 g/mol. The summed E-state index contributed by atoms with van der Waals surface area (Å²) >= 11 is 0. The second-order valence-corrected chi connectivity index (χ2v) is 3.21. The second kappa shape index (κ2) is 4.55. The minimum absolute atomic E-state index is 0.113. The Morgan fingerprint density at radius 1 is 1.38 bits per heavy atom. The summed E-state index contributed by atoms with van der Waals surface area (Å²) in [5.74, 6) is -1.84. The largest absolute Gasteiger partial charge is 0.482 e. The van der Waals surface area contributed by atoms with Crippen LogP contribution in [0.2, 0.25) is 0 Å². The Hall–Kier alpha value is -1.53. The molecule has 0 atom stereocenters. The number of methoxy groups -OCH3 is 1. The van der Waals surface area contributed by atoms with Gasteiger partial charge < -0.3 is 17.7 Å². The lowest BCUT2D eigenvalue weighted by Crippen LogP contribution is -2.20. The van der Waals surface area contributed by atoms with Crippen LogP contribution >= 0.6 is 0 Å². The molecule has 0 aliphatic rings. The minimum Gasteiger partial charge on any atom is -0.465 e. The minimum atomic E-state index is -5.09. The third-order valence-electron chi connectivity index (χ3n) is 1.93. The zero-order valence-corrected chi connectivity index (χ0v) is 8.34. The molecule has 2 nitrogen and oxygen atoms in total. The lowest BCUT2D eigenvalue weighted by atomic mass is 9.81. The van der Waals surface area contributed by atoms with Crippen molar-refractivity contribution in [2.45, 2.75) is 6.32 Å². The molecule has 1 aromatic rings. The van der Waals surface area contributed by atoms with Crippen molar-refractivity contribution in [3.8, 4) is 0 Å². The molecule has 0 saturated heterocycles. The molecule has 0 radical (unpaired) electrons. The summed E-state index contributed by atoms with van der Waals surface area (Å²) in [7, 11) is 1.10. The van der Waals surface area contributed by atoms with Crippen molar-refractivity contribution in [3.05, 3.63) is 35.1 Å². The van der Waals surface area contributed by atoms with Gasteiger partial charge in [0.1, 0.15) is 5.82 Å². The van der Waals surface area contributed by atoms with Crippen molar-refractivity contribution in [2.24, 2.45) is 0 Å². The topological polar surface area (TPSA) is 26.3 Å². The predicted molar refractivity (Wildman–Crippen MR) is 50.5 cm³/mol. The maximum Gasteiger partial charge on any atom is 0.482 e. The smallest absolute Gasteiger partial charge is 0.465 e. The van der Waals surface area contributed by atoms with E-state index in [-0.39, 0.29) is 5.56 Å². The van der Waals surface area contributed by atoms with Gasteiger partial charge in [-0.2, -0.15) is 0 Å². The summed E-state index contributed by atoms with van der Waals surface area (Å²) in [5.41, 5.74) is -0.585. The van der Waals surface area contributed by atoms with E-state index in [1.807, 2.05) is 0 Å². The van der Waals surface area contributed by atoms with Crippen LogP contribution in [0.5, 0.6) is 0 Å². The Morgan fingerprint density at radius 3 is 2.44 bits per heavy atom. The van der Waals surface area contributed by atoms with E-state index < -0.39 is 30.6 Å². The van der Waals surface area contributed by atoms with Crippen molar-refractivity contribution >= 4 is 12.9 Å². The van der Waals surface area contributed by atoms with Gasteiger partial charge in [0.05, 0.1) is 12.7 Å². The predicted octanol–water partition coefficient (Wildman–Crippen LogP) is 2.54. The molecule has 0 aromatic heterocycles. The van der Waals surface area contributed by atoms with Crippen LogP contribution in [0.25, 0.3) is 0 Å². The number of hydrogen-bond donors (Lipinski definition) is 0. The van der Waals surface area contributed by atoms with Gasteiger partial charge in [-0.3, -0.25) is 0 Å². The molecule has 0 unspecified atom stereocenters. The normalized spacial score (nSPS) is 11.3. The summed E-state index contributed by atoms with van der Waals surface area (Å²) in [6, 6.07) is 2.78. The Labute approximate surface area is 89.3 Å². The van der Waals surface area contributed by atoms with Gasteiger partial charge in [0, 0.05) is 0 Å². The first-order chi connectivity index (χ1) is 7.33. The second-order valence-electron chi connectivity index (χ2n) is 3.21. The van der Waals surface area contributed by atoms with E-state index in [9.17, 15) is 22.1 Å². The monoisotopic (exact) mass is 235 g/mol. The van der Waals surface area contributed by atoms with Gasteiger partial charge in [0.15, 0.2) is 0 Å². The van der Waals surface area contributed by atoms with Crippen LogP contribution in [-0.2, 0) is 11.1 Å². The third kappa shape index (κ3) is 3.25. The average molecular weight is 235 g/mol. The molecule has 0 saturated carbocycles. The van der Waals surface area contributed by atoms with Crippen LogP contribution < -0.4 is 0 Å². The van der Waals surface area contributed by atoms with Gasteiger partial charge in [-0.05, 0) is 17.7 Å². The first-order valence-electron chi connectivity index (χ1n) is 4.41. The number of benzene rings is 1. The Bertz CT molecular complexity index is 403. The summed E-state index contributed by atoms with van der Waals surface area (Å²) in [6.45, 7) is -5.09. The van der Waals surface area contributed by atoms with E-state index >= 15 is 0 Å². The van der Waals surface area contributed by atoms with Gasteiger partial charge >= 0.3 is 12.9 Å². The summed E-state index contributed by atoms with van der Waals surface area (Å²) in [5, 5.41) is 0. The zero-order chi connectivity index (χ0) is 12.3. The standard InChI is InChI=1S/C9H8BF4O2/c1-16-9(15)6-2-3-7(8(11)4-6)5-10(12,13)14/h2-4H,5H2,1H3/q-1. The molecule has 0 bridgehead atoms. The molecule has 0 heterocycles. The van der Waals surface area contributed by atoms with Crippen LogP contribution in [0.3, 0.4) is 0 Å². The molecule has 0 amide bonds. The lowest BCUT2D eigenvalue weighted by molar-refractivity contribution is 0.0600. The number of esters is 1. The molecular formula is C9H8BF4O2-. The maximum atomic E-state index is 13.2. The average Bonchev–Trinajstić information content (AvgIpc) is 2.18. The summed E-state index contributed by atoms with van der Waals surface area (Å²) in [4.78, 5) is 11.0. The number of hydrogen-bond acceptors (Lipinski definition) is 2. The zero-order valence-electron chi connectivity index (χ0n) is 8.34. The fourth-order valence-electron chi connectivity index (χ4n) is 1.21.